The van der Waals surface area contributed by atoms with Gasteiger partial charge >= 0.3 is 0 Å². The largest absolute Gasteiger partial charge is 0.371 e. The predicted octanol–water partition coefficient (Wildman–Crippen LogP) is 6.15. The standard InChI is InChI=1S/C32H39N3O/c1-24-10-6-9-13-29(24)26-14-16-31(35(5)28-18-20-34(4)21-19-28)30(22-26)32(36)17-15-25-11-7-8-12-27(25)23-33(2)3/h6-17,22,28H,18-21,23H2,1-5H3. The Morgan fingerprint density at radius 2 is 1.67 bits per heavy atom. The van der Waals surface area contributed by atoms with Gasteiger partial charge in [0, 0.05) is 30.9 Å². The van der Waals surface area contributed by atoms with Crippen LogP contribution in [0.3, 0.4) is 0 Å². The molecular formula is C32H39N3O. The van der Waals surface area contributed by atoms with Crippen LogP contribution in [-0.2, 0) is 6.54 Å². The minimum atomic E-state index is 0.0415. The van der Waals surface area contributed by atoms with Gasteiger partial charge in [-0.15, -0.1) is 0 Å². The van der Waals surface area contributed by atoms with Crippen molar-refractivity contribution in [1.29, 1.82) is 0 Å². The number of carbonyl (C=O) groups excluding carboxylic acids is 1. The maximum Gasteiger partial charge on any atom is 0.187 e. The molecule has 1 aliphatic heterocycles. The van der Waals surface area contributed by atoms with E-state index in [9.17, 15) is 4.79 Å². The van der Waals surface area contributed by atoms with Gasteiger partial charge in [-0.2, -0.15) is 0 Å². The average molecular weight is 482 g/mol. The van der Waals surface area contributed by atoms with Crippen LogP contribution in [0.4, 0.5) is 5.69 Å². The van der Waals surface area contributed by atoms with Crippen LogP contribution in [-0.4, -0.2) is 62.9 Å². The number of rotatable bonds is 8. The Hall–Kier alpha value is -3.21. The van der Waals surface area contributed by atoms with Gasteiger partial charge in [0.15, 0.2) is 5.78 Å². The van der Waals surface area contributed by atoms with Crippen molar-refractivity contribution in [3.63, 3.8) is 0 Å². The molecule has 1 fully saturated rings. The fourth-order valence-electron chi connectivity index (χ4n) is 5.12. The van der Waals surface area contributed by atoms with Crippen molar-refractivity contribution >= 4 is 17.5 Å². The zero-order valence-corrected chi connectivity index (χ0v) is 22.4. The number of aryl methyl sites for hydroxylation is 1. The Balaban J connectivity index is 1.71. The van der Waals surface area contributed by atoms with Crippen LogP contribution in [0.5, 0.6) is 0 Å². The molecule has 0 aliphatic carbocycles. The van der Waals surface area contributed by atoms with E-state index in [2.05, 4.69) is 110 Å². The Bertz CT molecular complexity index is 1220. The number of benzene rings is 3. The number of ketones is 1. The van der Waals surface area contributed by atoms with Crippen molar-refractivity contribution in [1.82, 2.24) is 9.80 Å². The first-order chi connectivity index (χ1) is 17.3. The summed E-state index contributed by atoms with van der Waals surface area (Å²) in [5.74, 6) is 0.0415. The van der Waals surface area contributed by atoms with Crippen molar-refractivity contribution in [3.8, 4) is 11.1 Å². The van der Waals surface area contributed by atoms with Crippen molar-refractivity contribution in [2.24, 2.45) is 0 Å². The summed E-state index contributed by atoms with van der Waals surface area (Å²) in [6, 6.07) is 23.5. The highest BCUT2D eigenvalue weighted by Crippen LogP contribution is 2.32. The molecule has 1 saturated heterocycles. The molecule has 0 atom stereocenters. The van der Waals surface area contributed by atoms with Crippen LogP contribution in [0.2, 0.25) is 0 Å². The lowest BCUT2D eigenvalue weighted by Crippen LogP contribution is -2.42. The third-order valence-corrected chi connectivity index (χ3v) is 7.29. The molecule has 0 bridgehead atoms. The number of hydrogen-bond donors (Lipinski definition) is 0. The summed E-state index contributed by atoms with van der Waals surface area (Å²) in [4.78, 5) is 20.6. The maximum atomic E-state index is 13.7. The Morgan fingerprint density at radius 1 is 0.972 bits per heavy atom. The summed E-state index contributed by atoms with van der Waals surface area (Å²) in [5.41, 5.74) is 7.53. The zero-order chi connectivity index (χ0) is 25.7. The number of nitrogens with zero attached hydrogens (tertiary/aromatic N) is 3. The van der Waals surface area contributed by atoms with Crippen molar-refractivity contribution in [2.45, 2.75) is 32.4 Å². The van der Waals surface area contributed by atoms with E-state index >= 15 is 0 Å². The third-order valence-electron chi connectivity index (χ3n) is 7.29. The fraction of sp³-hybridized carbons (Fsp3) is 0.344. The van der Waals surface area contributed by atoms with Gasteiger partial charge in [-0.05, 0) is 100 Å². The molecule has 36 heavy (non-hydrogen) atoms. The summed E-state index contributed by atoms with van der Waals surface area (Å²) in [7, 11) is 8.45. The summed E-state index contributed by atoms with van der Waals surface area (Å²) in [5, 5.41) is 0. The Labute approximate surface area is 216 Å². The van der Waals surface area contributed by atoms with E-state index in [0.29, 0.717) is 6.04 Å². The second kappa shape index (κ2) is 11.7. The normalized spacial score (nSPS) is 15.1. The monoisotopic (exact) mass is 481 g/mol. The molecular weight excluding hydrogens is 442 g/mol. The molecule has 3 aromatic rings. The van der Waals surface area contributed by atoms with Crippen molar-refractivity contribution in [3.05, 3.63) is 95.1 Å². The quantitative estimate of drug-likeness (QED) is 0.285. The molecule has 1 aliphatic rings. The van der Waals surface area contributed by atoms with Gasteiger partial charge < -0.3 is 14.7 Å². The van der Waals surface area contributed by atoms with E-state index in [1.165, 1.54) is 16.7 Å². The Morgan fingerprint density at radius 3 is 2.39 bits per heavy atom. The first-order valence-corrected chi connectivity index (χ1v) is 12.9. The molecule has 188 valence electrons. The topological polar surface area (TPSA) is 26.8 Å². The highest BCUT2D eigenvalue weighted by molar-refractivity contribution is 6.11. The van der Waals surface area contributed by atoms with Crippen LogP contribution < -0.4 is 4.90 Å². The number of likely N-dealkylation sites (tertiary alicyclic amines) is 1. The van der Waals surface area contributed by atoms with Crippen molar-refractivity contribution < 1.29 is 4.79 Å². The highest BCUT2D eigenvalue weighted by Gasteiger charge is 2.24. The van der Waals surface area contributed by atoms with Gasteiger partial charge in [-0.1, -0.05) is 60.7 Å². The molecule has 1 heterocycles. The molecule has 0 radical (unpaired) electrons. The number of allylic oxidation sites excluding steroid dienone is 1. The maximum absolute atomic E-state index is 13.7. The van der Waals surface area contributed by atoms with Gasteiger partial charge in [0.25, 0.3) is 0 Å². The number of hydrogen-bond acceptors (Lipinski definition) is 4. The Kier molecular flexibility index (Phi) is 8.40. The van der Waals surface area contributed by atoms with Crippen LogP contribution >= 0.6 is 0 Å². The van der Waals surface area contributed by atoms with Gasteiger partial charge in [-0.3, -0.25) is 4.79 Å². The van der Waals surface area contributed by atoms with E-state index in [-0.39, 0.29) is 5.78 Å². The fourth-order valence-corrected chi connectivity index (χ4v) is 5.12. The second-order valence-corrected chi connectivity index (χ2v) is 10.3. The second-order valence-electron chi connectivity index (χ2n) is 10.3. The average Bonchev–Trinajstić information content (AvgIpc) is 2.87. The third kappa shape index (κ3) is 6.13. The SMILES string of the molecule is Cc1ccccc1-c1ccc(N(C)C2CCN(C)CC2)c(C(=O)C=Cc2ccccc2CN(C)C)c1. The minimum Gasteiger partial charge on any atom is -0.371 e. The lowest BCUT2D eigenvalue weighted by Gasteiger charge is -2.37. The van der Waals surface area contributed by atoms with Gasteiger partial charge in [0.05, 0.1) is 0 Å². The van der Waals surface area contributed by atoms with Gasteiger partial charge in [-0.25, -0.2) is 0 Å². The molecule has 0 saturated carbocycles. The number of anilines is 1. The van der Waals surface area contributed by atoms with E-state index in [1.807, 2.05) is 12.1 Å². The summed E-state index contributed by atoms with van der Waals surface area (Å²) in [6.45, 7) is 5.13. The van der Waals surface area contributed by atoms with E-state index in [1.54, 1.807) is 6.08 Å². The molecule has 4 rings (SSSR count). The molecule has 3 aromatic carbocycles. The van der Waals surface area contributed by atoms with Crippen LogP contribution in [0.25, 0.3) is 17.2 Å². The van der Waals surface area contributed by atoms with Crippen LogP contribution in [0.15, 0.2) is 72.8 Å². The van der Waals surface area contributed by atoms with E-state index in [0.717, 1.165) is 54.9 Å². The first kappa shape index (κ1) is 25.9. The lowest BCUT2D eigenvalue weighted by atomic mass is 9.94. The van der Waals surface area contributed by atoms with Crippen molar-refractivity contribution in [2.75, 3.05) is 46.2 Å². The zero-order valence-electron chi connectivity index (χ0n) is 22.4. The summed E-state index contributed by atoms with van der Waals surface area (Å²) < 4.78 is 0. The van der Waals surface area contributed by atoms with Crippen LogP contribution in [0.1, 0.15) is 39.9 Å². The molecule has 0 unspecified atom stereocenters. The molecule has 0 aromatic heterocycles. The number of piperidine rings is 1. The van der Waals surface area contributed by atoms with Crippen LogP contribution in [0, 0.1) is 6.92 Å². The lowest BCUT2D eigenvalue weighted by molar-refractivity contribution is 0.104. The van der Waals surface area contributed by atoms with Gasteiger partial charge in [0.2, 0.25) is 0 Å². The van der Waals surface area contributed by atoms with Gasteiger partial charge in [0.1, 0.15) is 0 Å². The molecule has 4 heteroatoms. The smallest absolute Gasteiger partial charge is 0.187 e. The first-order valence-electron chi connectivity index (χ1n) is 12.9. The van der Waals surface area contributed by atoms with E-state index in [4.69, 9.17) is 0 Å². The molecule has 4 nitrogen and oxygen atoms in total. The molecule has 0 amide bonds. The highest BCUT2D eigenvalue weighted by atomic mass is 16.1. The summed E-state index contributed by atoms with van der Waals surface area (Å²) in [6.07, 6.45) is 5.93. The predicted molar refractivity (Wildman–Crippen MR) is 153 cm³/mol. The summed E-state index contributed by atoms with van der Waals surface area (Å²) >= 11 is 0. The van der Waals surface area contributed by atoms with E-state index < -0.39 is 0 Å². The number of carbonyl (C=O) groups is 1. The molecule has 0 spiro atoms. The molecule has 0 N–H and O–H groups in total. The minimum absolute atomic E-state index is 0.0415.